The maximum absolute atomic E-state index is 12.6. The predicted octanol–water partition coefficient (Wildman–Crippen LogP) is 1.78. The van der Waals surface area contributed by atoms with Crippen molar-refractivity contribution in [1.29, 1.82) is 0 Å². The minimum absolute atomic E-state index is 0.0920. The lowest BCUT2D eigenvalue weighted by Crippen LogP contribution is -2.48. The molecule has 0 aliphatic carbocycles. The van der Waals surface area contributed by atoms with Crippen molar-refractivity contribution in [2.45, 2.75) is 31.8 Å². The standard InChI is InChI=1S/C18H24N2O3S/c21-17-4-1-6-19(17)11-16-15-10-20(7-5-13(15)12-23-16)18(22)9-14-3-2-8-24-14/h2-3,8,13,15-16H,1,4-7,9-12H2/t13-,15-,16+/m1/s1. The summed E-state index contributed by atoms with van der Waals surface area (Å²) in [6.45, 7) is 3.96. The van der Waals surface area contributed by atoms with Crippen LogP contribution in [0.4, 0.5) is 0 Å². The minimum Gasteiger partial charge on any atom is -0.376 e. The summed E-state index contributed by atoms with van der Waals surface area (Å²) >= 11 is 1.64. The van der Waals surface area contributed by atoms with Gasteiger partial charge in [0.25, 0.3) is 0 Å². The monoisotopic (exact) mass is 348 g/mol. The van der Waals surface area contributed by atoms with Crippen molar-refractivity contribution in [1.82, 2.24) is 9.80 Å². The lowest BCUT2D eigenvalue weighted by atomic mass is 9.84. The van der Waals surface area contributed by atoms with E-state index in [4.69, 9.17) is 4.74 Å². The van der Waals surface area contributed by atoms with Gasteiger partial charge in [0.15, 0.2) is 0 Å². The Balaban J connectivity index is 1.37. The largest absolute Gasteiger partial charge is 0.376 e. The van der Waals surface area contributed by atoms with E-state index in [2.05, 4.69) is 0 Å². The molecule has 0 bridgehead atoms. The Bertz CT molecular complexity index is 603. The third-order valence-electron chi connectivity index (χ3n) is 5.64. The lowest BCUT2D eigenvalue weighted by Gasteiger charge is -2.36. The Morgan fingerprint density at radius 1 is 1.38 bits per heavy atom. The van der Waals surface area contributed by atoms with Crippen molar-refractivity contribution in [3.05, 3.63) is 22.4 Å². The number of ether oxygens (including phenoxy) is 1. The number of hydrogen-bond donors (Lipinski definition) is 0. The smallest absolute Gasteiger partial charge is 0.227 e. The van der Waals surface area contributed by atoms with Gasteiger partial charge in [0.05, 0.1) is 19.1 Å². The number of amides is 2. The molecule has 5 nitrogen and oxygen atoms in total. The highest BCUT2D eigenvalue weighted by atomic mass is 32.1. The molecule has 0 unspecified atom stereocenters. The molecule has 3 atom stereocenters. The molecule has 3 fully saturated rings. The number of likely N-dealkylation sites (tertiary alicyclic amines) is 2. The first kappa shape index (κ1) is 16.1. The van der Waals surface area contributed by atoms with Gasteiger partial charge in [-0.25, -0.2) is 0 Å². The minimum atomic E-state index is 0.0920. The lowest BCUT2D eigenvalue weighted by molar-refractivity contribution is -0.134. The molecule has 0 saturated carbocycles. The van der Waals surface area contributed by atoms with Gasteiger partial charge in [-0.2, -0.15) is 0 Å². The zero-order valence-electron chi connectivity index (χ0n) is 13.9. The van der Waals surface area contributed by atoms with E-state index in [-0.39, 0.29) is 17.9 Å². The highest BCUT2D eigenvalue weighted by molar-refractivity contribution is 7.10. The average Bonchev–Trinajstić information content (AvgIpc) is 3.31. The SMILES string of the molecule is O=C(Cc1cccs1)N1CC[C@@H]2CO[C@@H](CN3CCCC3=O)[C@@H]2C1. The number of hydrogen-bond acceptors (Lipinski definition) is 4. The van der Waals surface area contributed by atoms with Gasteiger partial charge < -0.3 is 14.5 Å². The zero-order chi connectivity index (χ0) is 16.5. The molecule has 2 amide bonds. The third-order valence-corrected chi connectivity index (χ3v) is 6.51. The van der Waals surface area contributed by atoms with Crippen LogP contribution < -0.4 is 0 Å². The summed E-state index contributed by atoms with van der Waals surface area (Å²) in [5.74, 6) is 1.39. The summed E-state index contributed by atoms with van der Waals surface area (Å²) in [4.78, 5) is 29.5. The van der Waals surface area contributed by atoms with Gasteiger partial charge in [0, 0.05) is 43.4 Å². The van der Waals surface area contributed by atoms with E-state index in [0.717, 1.165) is 44.0 Å². The maximum Gasteiger partial charge on any atom is 0.227 e. The van der Waals surface area contributed by atoms with Gasteiger partial charge in [0.1, 0.15) is 0 Å². The Morgan fingerprint density at radius 3 is 3.04 bits per heavy atom. The molecule has 4 heterocycles. The van der Waals surface area contributed by atoms with E-state index in [1.54, 1.807) is 11.3 Å². The summed E-state index contributed by atoms with van der Waals surface area (Å²) in [5.41, 5.74) is 0. The number of fused-ring (bicyclic) bond motifs is 1. The Hall–Kier alpha value is -1.40. The summed E-state index contributed by atoms with van der Waals surface area (Å²) in [6.07, 6.45) is 3.25. The molecule has 3 aliphatic heterocycles. The van der Waals surface area contributed by atoms with Crippen molar-refractivity contribution < 1.29 is 14.3 Å². The normalized spacial score (nSPS) is 30.0. The summed E-state index contributed by atoms with van der Waals surface area (Å²) < 4.78 is 6.01. The van der Waals surface area contributed by atoms with Crippen LogP contribution in [0.1, 0.15) is 24.1 Å². The molecule has 0 spiro atoms. The highest BCUT2D eigenvalue weighted by Crippen LogP contribution is 2.35. The first-order chi connectivity index (χ1) is 11.7. The van der Waals surface area contributed by atoms with Crippen LogP contribution in [-0.2, 0) is 20.7 Å². The number of carbonyl (C=O) groups excluding carboxylic acids is 2. The number of carbonyl (C=O) groups is 2. The first-order valence-electron chi connectivity index (χ1n) is 8.90. The zero-order valence-corrected chi connectivity index (χ0v) is 14.7. The number of nitrogens with zero attached hydrogens (tertiary/aromatic N) is 2. The van der Waals surface area contributed by atoms with Gasteiger partial charge in [-0.1, -0.05) is 6.07 Å². The van der Waals surface area contributed by atoms with Crippen molar-refractivity contribution in [2.75, 3.05) is 32.8 Å². The molecule has 130 valence electrons. The highest BCUT2D eigenvalue weighted by Gasteiger charge is 2.43. The van der Waals surface area contributed by atoms with Crippen molar-refractivity contribution in [2.24, 2.45) is 11.8 Å². The summed E-state index contributed by atoms with van der Waals surface area (Å²) in [6, 6.07) is 4.02. The van der Waals surface area contributed by atoms with E-state index < -0.39 is 0 Å². The van der Waals surface area contributed by atoms with E-state index in [1.807, 2.05) is 27.3 Å². The molecule has 3 aliphatic rings. The van der Waals surface area contributed by atoms with E-state index in [0.29, 0.717) is 31.2 Å². The summed E-state index contributed by atoms with van der Waals surface area (Å²) in [7, 11) is 0. The van der Waals surface area contributed by atoms with Crippen molar-refractivity contribution >= 4 is 23.2 Å². The van der Waals surface area contributed by atoms with Crippen LogP contribution in [-0.4, -0.2) is 60.5 Å². The fourth-order valence-electron chi connectivity index (χ4n) is 4.23. The quantitative estimate of drug-likeness (QED) is 0.833. The predicted molar refractivity (Wildman–Crippen MR) is 91.8 cm³/mol. The summed E-state index contributed by atoms with van der Waals surface area (Å²) in [5, 5.41) is 2.02. The molecular formula is C18H24N2O3S. The van der Waals surface area contributed by atoms with Crippen LogP contribution in [0, 0.1) is 11.8 Å². The van der Waals surface area contributed by atoms with E-state index in [1.165, 1.54) is 0 Å². The Kier molecular flexibility index (Phi) is 4.59. The van der Waals surface area contributed by atoms with Crippen LogP contribution in [0.3, 0.4) is 0 Å². The van der Waals surface area contributed by atoms with Crippen LogP contribution in [0.25, 0.3) is 0 Å². The van der Waals surface area contributed by atoms with Gasteiger partial charge in [-0.05, 0) is 30.2 Å². The van der Waals surface area contributed by atoms with Crippen LogP contribution in [0.15, 0.2) is 17.5 Å². The number of rotatable bonds is 4. The van der Waals surface area contributed by atoms with Gasteiger partial charge >= 0.3 is 0 Å². The molecule has 0 radical (unpaired) electrons. The number of thiophene rings is 1. The average molecular weight is 348 g/mol. The first-order valence-corrected chi connectivity index (χ1v) is 9.78. The van der Waals surface area contributed by atoms with Gasteiger partial charge in [-0.3, -0.25) is 9.59 Å². The van der Waals surface area contributed by atoms with Gasteiger partial charge in [0.2, 0.25) is 11.8 Å². The molecule has 4 rings (SSSR count). The molecule has 3 saturated heterocycles. The van der Waals surface area contributed by atoms with Crippen LogP contribution in [0.2, 0.25) is 0 Å². The molecule has 0 N–H and O–H groups in total. The van der Waals surface area contributed by atoms with Crippen LogP contribution >= 0.6 is 11.3 Å². The fourth-order valence-corrected chi connectivity index (χ4v) is 4.93. The maximum atomic E-state index is 12.6. The Labute approximate surface area is 146 Å². The van der Waals surface area contributed by atoms with Gasteiger partial charge in [-0.15, -0.1) is 11.3 Å². The van der Waals surface area contributed by atoms with Crippen LogP contribution in [0.5, 0.6) is 0 Å². The molecule has 1 aromatic rings. The third kappa shape index (κ3) is 3.22. The number of piperidine rings is 1. The molecule has 1 aromatic heterocycles. The van der Waals surface area contributed by atoms with Crippen molar-refractivity contribution in [3.8, 4) is 0 Å². The second kappa shape index (κ2) is 6.84. The second-order valence-corrected chi connectivity index (χ2v) is 8.16. The molecule has 24 heavy (non-hydrogen) atoms. The van der Waals surface area contributed by atoms with E-state index >= 15 is 0 Å². The fraction of sp³-hybridized carbons (Fsp3) is 0.667. The molecule has 0 aromatic carbocycles. The topological polar surface area (TPSA) is 49.9 Å². The molecule has 6 heteroatoms. The van der Waals surface area contributed by atoms with E-state index in [9.17, 15) is 9.59 Å². The Morgan fingerprint density at radius 2 is 2.29 bits per heavy atom. The molecular weight excluding hydrogens is 324 g/mol. The second-order valence-electron chi connectivity index (χ2n) is 7.12. The van der Waals surface area contributed by atoms with Crippen molar-refractivity contribution in [3.63, 3.8) is 0 Å².